The van der Waals surface area contributed by atoms with Crippen LogP contribution in [-0.4, -0.2) is 29.6 Å². The minimum Gasteiger partial charge on any atom is -0.296 e. The van der Waals surface area contributed by atoms with Crippen molar-refractivity contribution in [3.8, 4) is 0 Å². The zero-order chi connectivity index (χ0) is 12.3. The quantitative estimate of drug-likeness (QED) is 0.584. The Morgan fingerprint density at radius 2 is 1.59 bits per heavy atom. The van der Waals surface area contributed by atoms with Gasteiger partial charge in [-0.05, 0) is 44.7 Å². The summed E-state index contributed by atoms with van der Waals surface area (Å²) in [6, 6.07) is 0.447. The number of nitrogens with one attached hydrogen (secondary N) is 1. The number of hydrogen-bond acceptors (Lipinski definition) is 3. The van der Waals surface area contributed by atoms with Crippen molar-refractivity contribution in [1.82, 2.24) is 10.3 Å². The van der Waals surface area contributed by atoms with Gasteiger partial charge in [0.05, 0.1) is 0 Å². The zero-order valence-electron chi connectivity index (χ0n) is 11.5. The summed E-state index contributed by atoms with van der Waals surface area (Å²) in [4.78, 5) is 2.76. The SMILES string of the molecule is CC(C)C(NN)C1(N2CCCCC2)CCCC1. The molecule has 0 aromatic rings. The summed E-state index contributed by atoms with van der Waals surface area (Å²) in [7, 11) is 0. The maximum absolute atomic E-state index is 5.87. The summed E-state index contributed by atoms with van der Waals surface area (Å²) in [5.74, 6) is 6.48. The van der Waals surface area contributed by atoms with Gasteiger partial charge in [-0.3, -0.25) is 16.2 Å². The third-order valence-corrected chi connectivity index (χ3v) is 4.88. The third kappa shape index (κ3) is 2.51. The predicted octanol–water partition coefficient (Wildman–Crippen LogP) is 2.27. The first-order valence-electron chi connectivity index (χ1n) is 7.42. The Bertz CT molecular complexity index is 228. The molecule has 17 heavy (non-hydrogen) atoms. The molecular formula is C14H29N3. The molecule has 3 N–H and O–H groups in total. The van der Waals surface area contributed by atoms with Crippen LogP contribution in [0.5, 0.6) is 0 Å². The molecule has 0 aromatic heterocycles. The average molecular weight is 239 g/mol. The fourth-order valence-electron chi connectivity index (χ4n) is 4.12. The highest BCUT2D eigenvalue weighted by atomic mass is 15.3. The van der Waals surface area contributed by atoms with Gasteiger partial charge < -0.3 is 0 Å². The van der Waals surface area contributed by atoms with E-state index in [2.05, 4.69) is 24.2 Å². The van der Waals surface area contributed by atoms with E-state index >= 15 is 0 Å². The number of nitrogens with two attached hydrogens (primary N) is 1. The van der Waals surface area contributed by atoms with Gasteiger partial charge in [0.25, 0.3) is 0 Å². The summed E-state index contributed by atoms with van der Waals surface area (Å²) in [6.07, 6.45) is 9.58. The highest BCUT2D eigenvalue weighted by Crippen LogP contribution is 2.41. The molecule has 1 atom stereocenters. The Hall–Kier alpha value is -0.120. The molecule has 0 aromatic carbocycles. The highest BCUT2D eigenvalue weighted by Gasteiger charge is 2.46. The summed E-state index contributed by atoms with van der Waals surface area (Å²) < 4.78 is 0. The highest BCUT2D eigenvalue weighted by molar-refractivity contribution is 5.04. The third-order valence-electron chi connectivity index (χ3n) is 4.88. The number of rotatable bonds is 4. The predicted molar refractivity (Wildman–Crippen MR) is 72.6 cm³/mol. The molecule has 0 radical (unpaired) electrons. The van der Waals surface area contributed by atoms with Gasteiger partial charge in [-0.15, -0.1) is 0 Å². The summed E-state index contributed by atoms with van der Waals surface area (Å²) in [5.41, 5.74) is 3.49. The van der Waals surface area contributed by atoms with E-state index in [1.54, 1.807) is 0 Å². The van der Waals surface area contributed by atoms with Crippen LogP contribution in [-0.2, 0) is 0 Å². The van der Waals surface area contributed by atoms with E-state index in [4.69, 9.17) is 5.84 Å². The fraction of sp³-hybridized carbons (Fsp3) is 1.00. The van der Waals surface area contributed by atoms with Crippen molar-refractivity contribution in [2.75, 3.05) is 13.1 Å². The van der Waals surface area contributed by atoms with Gasteiger partial charge in [0.15, 0.2) is 0 Å². The molecule has 0 bridgehead atoms. The van der Waals surface area contributed by atoms with Gasteiger partial charge in [-0.25, -0.2) is 0 Å². The summed E-state index contributed by atoms with van der Waals surface area (Å²) in [6.45, 7) is 7.17. The lowest BCUT2D eigenvalue weighted by Gasteiger charge is -2.49. The van der Waals surface area contributed by atoms with Crippen molar-refractivity contribution in [3.63, 3.8) is 0 Å². The van der Waals surface area contributed by atoms with Crippen LogP contribution >= 0.6 is 0 Å². The number of hydrazine groups is 1. The molecule has 2 fully saturated rings. The largest absolute Gasteiger partial charge is 0.296 e. The van der Waals surface area contributed by atoms with Crippen LogP contribution in [0.3, 0.4) is 0 Å². The maximum atomic E-state index is 5.87. The van der Waals surface area contributed by atoms with Crippen LogP contribution in [0.25, 0.3) is 0 Å². The molecule has 3 nitrogen and oxygen atoms in total. The topological polar surface area (TPSA) is 41.3 Å². The molecule has 1 heterocycles. The van der Waals surface area contributed by atoms with Crippen LogP contribution in [0.4, 0.5) is 0 Å². The van der Waals surface area contributed by atoms with E-state index < -0.39 is 0 Å². The second kappa shape index (κ2) is 5.68. The van der Waals surface area contributed by atoms with Crippen molar-refractivity contribution in [2.24, 2.45) is 11.8 Å². The van der Waals surface area contributed by atoms with Crippen molar-refractivity contribution in [2.45, 2.75) is 70.4 Å². The number of hydrogen-bond donors (Lipinski definition) is 2. The van der Waals surface area contributed by atoms with Crippen molar-refractivity contribution < 1.29 is 0 Å². The lowest BCUT2D eigenvalue weighted by molar-refractivity contribution is 0.0220. The summed E-state index contributed by atoms with van der Waals surface area (Å²) >= 11 is 0. The van der Waals surface area contributed by atoms with E-state index in [9.17, 15) is 0 Å². The molecule has 1 saturated heterocycles. The first kappa shape index (κ1) is 13.3. The van der Waals surface area contributed by atoms with E-state index in [0.717, 1.165) is 0 Å². The number of nitrogens with zero attached hydrogens (tertiary/aromatic N) is 1. The van der Waals surface area contributed by atoms with Crippen LogP contribution in [0.15, 0.2) is 0 Å². The summed E-state index contributed by atoms with van der Waals surface area (Å²) in [5, 5.41) is 0. The lowest BCUT2D eigenvalue weighted by Crippen LogP contribution is -2.64. The van der Waals surface area contributed by atoms with E-state index in [1.807, 2.05) is 0 Å². The van der Waals surface area contributed by atoms with Crippen molar-refractivity contribution in [3.05, 3.63) is 0 Å². The van der Waals surface area contributed by atoms with Gasteiger partial charge >= 0.3 is 0 Å². The average Bonchev–Trinajstić information content (AvgIpc) is 2.81. The molecule has 3 heteroatoms. The van der Waals surface area contributed by atoms with Crippen molar-refractivity contribution >= 4 is 0 Å². The van der Waals surface area contributed by atoms with Gasteiger partial charge in [0, 0.05) is 11.6 Å². The minimum absolute atomic E-state index is 0.351. The van der Waals surface area contributed by atoms with Gasteiger partial charge in [-0.2, -0.15) is 0 Å². The zero-order valence-corrected chi connectivity index (χ0v) is 11.5. The first-order chi connectivity index (χ1) is 8.20. The molecule has 1 aliphatic heterocycles. The normalized spacial score (nSPS) is 27.5. The van der Waals surface area contributed by atoms with Crippen LogP contribution in [0, 0.1) is 5.92 Å². The number of likely N-dealkylation sites (tertiary alicyclic amines) is 1. The van der Waals surface area contributed by atoms with Crippen molar-refractivity contribution in [1.29, 1.82) is 0 Å². The van der Waals surface area contributed by atoms with Gasteiger partial charge in [-0.1, -0.05) is 33.1 Å². The van der Waals surface area contributed by atoms with Crippen LogP contribution in [0.2, 0.25) is 0 Å². The minimum atomic E-state index is 0.351. The molecule has 1 aliphatic carbocycles. The Morgan fingerprint density at radius 1 is 1.00 bits per heavy atom. The lowest BCUT2D eigenvalue weighted by atomic mass is 9.79. The van der Waals surface area contributed by atoms with Crippen LogP contribution < -0.4 is 11.3 Å². The second-order valence-electron chi connectivity index (χ2n) is 6.25. The molecule has 100 valence electrons. The molecule has 0 spiro atoms. The maximum Gasteiger partial charge on any atom is 0.0417 e. The Labute approximate surface area is 106 Å². The fourth-order valence-corrected chi connectivity index (χ4v) is 4.12. The Balaban J connectivity index is 2.17. The van der Waals surface area contributed by atoms with E-state index in [1.165, 1.54) is 58.0 Å². The van der Waals surface area contributed by atoms with Gasteiger partial charge in [0.1, 0.15) is 0 Å². The molecular weight excluding hydrogens is 210 g/mol. The second-order valence-corrected chi connectivity index (χ2v) is 6.25. The molecule has 1 unspecified atom stereocenters. The van der Waals surface area contributed by atoms with E-state index in [-0.39, 0.29) is 0 Å². The first-order valence-corrected chi connectivity index (χ1v) is 7.42. The number of piperidine rings is 1. The molecule has 0 amide bonds. The monoisotopic (exact) mass is 239 g/mol. The molecule has 2 rings (SSSR count). The Kier molecular flexibility index (Phi) is 4.45. The smallest absolute Gasteiger partial charge is 0.0417 e. The standard InChI is InChI=1S/C14H29N3/c1-12(2)13(16-15)14(8-4-5-9-14)17-10-6-3-7-11-17/h12-13,16H,3-11,15H2,1-2H3. The Morgan fingerprint density at radius 3 is 2.06 bits per heavy atom. The molecule has 2 aliphatic rings. The molecule has 1 saturated carbocycles. The van der Waals surface area contributed by atoms with Crippen LogP contribution in [0.1, 0.15) is 58.8 Å². The van der Waals surface area contributed by atoms with Gasteiger partial charge in [0.2, 0.25) is 0 Å². The van der Waals surface area contributed by atoms with E-state index in [0.29, 0.717) is 17.5 Å².